The van der Waals surface area contributed by atoms with E-state index in [9.17, 15) is 9.59 Å². The zero-order valence-corrected chi connectivity index (χ0v) is 10.0. The van der Waals surface area contributed by atoms with Gasteiger partial charge in [-0.1, -0.05) is 0 Å². The summed E-state index contributed by atoms with van der Waals surface area (Å²) in [4.78, 5) is 22.5. The number of rotatable bonds is 6. The second-order valence-electron chi connectivity index (χ2n) is 5.00. The molecule has 0 aromatic rings. The van der Waals surface area contributed by atoms with Gasteiger partial charge in [0.2, 0.25) is 5.91 Å². The van der Waals surface area contributed by atoms with E-state index in [2.05, 4.69) is 10.6 Å². The first-order chi connectivity index (χ1) is 7.38. The number of carbonyl (C=O) groups is 2. The fourth-order valence-electron chi connectivity index (χ4n) is 1.67. The lowest BCUT2D eigenvalue weighted by atomic mass is 9.91. The van der Waals surface area contributed by atoms with Crippen LogP contribution in [-0.2, 0) is 9.59 Å². The summed E-state index contributed by atoms with van der Waals surface area (Å²) in [6.07, 6.45) is 1.93. The summed E-state index contributed by atoms with van der Waals surface area (Å²) in [5.74, 6) is -0.673. The Morgan fingerprint density at radius 3 is 2.38 bits per heavy atom. The third-order valence-electron chi connectivity index (χ3n) is 2.97. The van der Waals surface area contributed by atoms with Crippen LogP contribution in [0, 0.1) is 11.3 Å². The number of carboxylic acid groups (broad SMARTS) is 1. The van der Waals surface area contributed by atoms with Crippen molar-refractivity contribution in [2.24, 2.45) is 11.3 Å². The van der Waals surface area contributed by atoms with Crippen LogP contribution in [-0.4, -0.2) is 36.6 Å². The molecule has 16 heavy (non-hydrogen) atoms. The second kappa shape index (κ2) is 4.82. The van der Waals surface area contributed by atoms with E-state index in [1.54, 1.807) is 20.9 Å². The number of hydrogen-bond acceptors (Lipinski definition) is 3. The molecule has 3 N–H and O–H groups in total. The number of hydrogen-bond donors (Lipinski definition) is 3. The molecule has 0 aromatic carbocycles. The largest absolute Gasteiger partial charge is 0.480 e. The molecule has 0 spiro atoms. The first kappa shape index (κ1) is 13.0. The van der Waals surface area contributed by atoms with E-state index in [4.69, 9.17) is 5.11 Å². The molecular weight excluding hydrogens is 208 g/mol. The summed E-state index contributed by atoms with van der Waals surface area (Å²) in [7, 11) is 1.58. The fraction of sp³-hybridized carbons (Fsp3) is 0.818. The van der Waals surface area contributed by atoms with E-state index < -0.39 is 17.4 Å². The van der Waals surface area contributed by atoms with E-state index in [-0.39, 0.29) is 11.8 Å². The molecular formula is C11H20N2O3. The maximum Gasteiger partial charge on any atom is 0.320 e. The normalized spacial score (nSPS) is 17.9. The minimum absolute atomic E-state index is 0.0834. The average Bonchev–Trinajstić information content (AvgIpc) is 3.00. The van der Waals surface area contributed by atoms with Crippen molar-refractivity contribution in [2.45, 2.75) is 32.7 Å². The topological polar surface area (TPSA) is 78.4 Å². The maximum atomic E-state index is 11.5. The zero-order chi connectivity index (χ0) is 12.3. The van der Waals surface area contributed by atoms with Crippen LogP contribution in [0.25, 0.3) is 0 Å². The highest BCUT2D eigenvalue weighted by Gasteiger charge is 2.37. The van der Waals surface area contributed by atoms with Crippen LogP contribution in [0.15, 0.2) is 0 Å². The quantitative estimate of drug-likeness (QED) is 0.607. The lowest BCUT2D eigenvalue weighted by molar-refractivity contribution is -0.140. The Kier molecular flexibility index (Phi) is 3.91. The highest BCUT2D eigenvalue weighted by molar-refractivity contribution is 5.82. The average molecular weight is 228 g/mol. The molecule has 5 nitrogen and oxygen atoms in total. The standard InChI is InChI=1S/C11H20N2O3/c1-11(2,10(16)12-3)6-13-8(9(14)15)7-4-5-7/h7-8,13H,4-6H2,1-3H3,(H,12,16)(H,14,15). The van der Waals surface area contributed by atoms with E-state index in [1.807, 2.05) is 0 Å². The SMILES string of the molecule is CNC(=O)C(C)(C)CNC(C(=O)O)C1CC1. The van der Waals surface area contributed by atoms with Crippen molar-refractivity contribution < 1.29 is 14.7 Å². The van der Waals surface area contributed by atoms with Gasteiger partial charge in [-0.3, -0.25) is 9.59 Å². The van der Waals surface area contributed by atoms with Crippen molar-refractivity contribution in [3.63, 3.8) is 0 Å². The fourth-order valence-corrected chi connectivity index (χ4v) is 1.67. The monoisotopic (exact) mass is 228 g/mol. The van der Waals surface area contributed by atoms with E-state index >= 15 is 0 Å². The van der Waals surface area contributed by atoms with Crippen molar-refractivity contribution in [1.29, 1.82) is 0 Å². The molecule has 0 heterocycles. The third kappa shape index (κ3) is 3.20. The summed E-state index contributed by atoms with van der Waals surface area (Å²) < 4.78 is 0. The van der Waals surface area contributed by atoms with Gasteiger partial charge in [-0.15, -0.1) is 0 Å². The molecule has 0 aliphatic heterocycles. The number of amides is 1. The van der Waals surface area contributed by atoms with Gasteiger partial charge in [0.05, 0.1) is 5.41 Å². The molecule has 1 aliphatic carbocycles. The number of carboxylic acids is 1. The highest BCUT2D eigenvalue weighted by atomic mass is 16.4. The van der Waals surface area contributed by atoms with Crippen LogP contribution in [0.4, 0.5) is 0 Å². The van der Waals surface area contributed by atoms with Crippen molar-refractivity contribution in [3.8, 4) is 0 Å². The van der Waals surface area contributed by atoms with Crippen LogP contribution >= 0.6 is 0 Å². The summed E-state index contributed by atoms with van der Waals surface area (Å²) in [5.41, 5.74) is -0.586. The molecule has 1 fully saturated rings. The van der Waals surface area contributed by atoms with E-state index in [0.29, 0.717) is 6.54 Å². The molecule has 1 rings (SSSR count). The number of carbonyl (C=O) groups excluding carboxylic acids is 1. The van der Waals surface area contributed by atoms with E-state index in [1.165, 1.54) is 0 Å². The molecule has 0 bridgehead atoms. The Morgan fingerprint density at radius 2 is 2.00 bits per heavy atom. The summed E-state index contributed by atoms with van der Waals surface area (Å²) >= 11 is 0. The molecule has 0 radical (unpaired) electrons. The number of nitrogens with one attached hydrogen (secondary N) is 2. The lowest BCUT2D eigenvalue weighted by Crippen LogP contribution is -2.48. The molecule has 1 amide bonds. The molecule has 5 heteroatoms. The first-order valence-electron chi connectivity index (χ1n) is 5.57. The number of aliphatic carboxylic acids is 1. The lowest BCUT2D eigenvalue weighted by Gasteiger charge is -2.25. The maximum absolute atomic E-state index is 11.5. The summed E-state index contributed by atoms with van der Waals surface area (Å²) in [6, 6.07) is -0.510. The molecule has 1 atom stereocenters. The van der Waals surface area contributed by atoms with Crippen molar-refractivity contribution >= 4 is 11.9 Å². The van der Waals surface area contributed by atoms with Gasteiger partial charge in [0.25, 0.3) is 0 Å². The van der Waals surface area contributed by atoms with Gasteiger partial charge >= 0.3 is 5.97 Å². The second-order valence-corrected chi connectivity index (χ2v) is 5.00. The van der Waals surface area contributed by atoms with Crippen LogP contribution in [0.1, 0.15) is 26.7 Å². The Bertz CT molecular complexity index is 285. The molecule has 1 saturated carbocycles. The Hall–Kier alpha value is -1.10. The minimum atomic E-state index is -0.824. The van der Waals surface area contributed by atoms with Gasteiger partial charge in [-0.25, -0.2) is 0 Å². The van der Waals surface area contributed by atoms with Crippen LogP contribution in [0.5, 0.6) is 0 Å². The van der Waals surface area contributed by atoms with Crippen LogP contribution in [0.3, 0.4) is 0 Å². The molecule has 1 aliphatic rings. The van der Waals surface area contributed by atoms with Gasteiger partial charge < -0.3 is 15.7 Å². The predicted molar refractivity (Wildman–Crippen MR) is 60.0 cm³/mol. The minimum Gasteiger partial charge on any atom is -0.480 e. The highest BCUT2D eigenvalue weighted by Crippen LogP contribution is 2.33. The van der Waals surface area contributed by atoms with Gasteiger partial charge in [0, 0.05) is 13.6 Å². The van der Waals surface area contributed by atoms with E-state index in [0.717, 1.165) is 12.8 Å². The van der Waals surface area contributed by atoms with Crippen LogP contribution in [0.2, 0.25) is 0 Å². The van der Waals surface area contributed by atoms with Crippen molar-refractivity contribution in [1.82, 2.24) is 10.6 Å². The molecule has 0 saturated heterocycles. The summed E-state index contributed by atoms with van der Waals surface area (Å²) in [5, 5.41) is 14.6. The molecule has 0 aromatic heterocycles. The van der Waals surface area contributed by atoms with Gasteiger partial charge in [-0.2, -0.15) is 0 Å². The third-order valence-corrected chi connectivity index (χ3v) is 2.97. The van der Waals surface area contributed by atoms with Gasteiger partial charge in [0.1, 0.15) is 6.04 Å². The van der Waals surface area contributed by atoms with Gasteiger partial charge in [0.15, 0.2) is 0 Å². The Morgan fingerprint density at radius 1 is 1.44 bits per heavy atom. The predicted octanol–water partition coefficient (Wildman–Crippen LogP) is 0.211. The van der Waals surface area contributed by atoms with Crippen LogP contribution < -0.4 is 10.6 Å². The Labute approximate surface area is 95.6 Å². The smallest absolute Gasteiger partial charge is 0.320 e. The molecule has 1 unspecified atom stereocenters. The van der Waals surface area contributed by atoms with Crippen molar-refractivity contribution in [3.05, 3.63) is 0 Å². The van der Waals surface area contributed by atoms with Crippen molar-refractivity contribution in [2.75, 3.05) is 13.6 Å². The first-order valence-corrected chi connectivity index (χ1v) is 5.57. The zero-order valence-electron chi connectivity index (χ0n) is 10.0. The van der Waals surface area contributed by atoms with Gasteiger partial charge in [-0.05, 0) is 32.6 Å². The molecule has 92 valence electrons. The Balaban J connectivity index is 2.48. The summed E-state index contributed by atoms with van der Waals surface area (Å²) in [6.45, 7) is 3.97.